The summed E-state index contributed by atoms with van der Waals surface area (Å²) in [7, 11) is 3.06. The molecule has 0 radical (unpaired) electrons. The summed E-state index contributed by atoms with van der Waals surface area (Å²) in [6.45, 7) is 0. The lowest BCUT2D eigenvalue weighted by Crippen LogP contribution is -2.01. The zero-order chi connectivity index (χ0) is 14.7. The summed E-state index contributed by atoms with van der Waals surface area (Å²) in [6.07, 6.45) is 0. The van der Waals surface area contributed by atoms with E-state index in [9.17, 15) is 0 Å². The highest BCUT2D eigenvalue weighted by Gasteiger charge is 2.11. The number of anilines is 3. The van der Waals surface area contributed by atoms with Crippen LogP contribution in [0.5, 0.6) is 11.5 Å². The average Bonchev–Trinajstić information content (AvgIpc) is 2.39. The molecule has 0 aliphatic rings. The highest BCUT2D eigenvalue weighted by molar-refractivity contribution is 6.32. The molecule has 2 rings (SSSR count). The summed E-state index contributed by atoms with van der Waals surface area (Å²) in [5.41, 5.74) is 6.15. The van der Waals surface area contributed by atoms with Crippen molar-refractivity contribution in [1.29, 1.82) is 0 Å². The lowest BCUT2D eigenvalue weighted by molar-refractivity contribution is 0.405. The van der Waals surface area contributed by atoms with E-state index in [1.165, 1.54) is 14.2 Å². The van der Waals surface area contributed by atoms with Gasteiger partial charge in [0.25, 0.3) is 0 Å². The Kier molecular flexibility index (Phi) is 4.36. The molecule has 3 N–H and O–H groups in total. The van der Waals surface area contributed by atoms with Crippen molar-refractivity contribution in [3.63, 3.8) is 0 Å². The Balaban J connectivity index is 2.41. The molecule has 0 saturated carbocycles. The summed E-state index contributed by atoms with van der Waals surface area (Å²) < 4.78 is 10.4. The Bertz CT molecular complexity index is 617. The number of benzene rings is 1. The number of hydrogen-bond donors (Lipinski definition) is 2. The first kappa shape index (κ1) is 14.5. The second kappa shape index (κ2) is 6.02. The molecular weight excluding hydrogens is 303 g/mol. The number of nitrogens with two attached hydrogens (primary N) is 1. The molecule has 0 bridgehead atoms. The van der Waals surface area contributed by atoms with E-state index in [1.54, 1.807) is 18.2 Å². The molecule has 0 aliphatic heterocycles. The third-order valence-electron chi connectivity index (χ3n) is 2.45. The van der Waals surface area contributed by atoms with Gasteiger partial charge in [0.1, 0.15) is 22.5 Å². The van der Waals surface area contributed by atoms with Gasteiger partial charge >= 0.3 is 0 Å². The van der Waals surface area contributed by atoms with Gasteiger partial charge in [-0.3, -0.25) is 0 Å². The summed E-state index contributed by atoms with van der Waals surface area (Å²) in [6, 6.07) is 4.86. The van der Waals surface area contributed by atoms with Crippen LogP contribution >= 0.6 is 23.2 Å². The van der Waals surface area contributed by atoms with Crippen molar-refractivity contribution in [3.8, 4) is 11.5 Å². The Morgan fingerprint density at radius 2 is 1.75 bits per heavy atom. The molecule has 1 aromatic heterocycles. The van der Waals surface area contributed by atoms with E-state index in [2.05, 4.69) is 15.3 Å². The fourth-order valence-corrected chi connectivity index (χ4v) is 2.02. The number of methoxy groups -OCH3 is 2. The third-order valence-corrected chi connectivity index (χ3v) is 2.94. The van der Waals surface area contributed by atoms with Crippen LogP contribution in [0, 0.1) is 0 Å². The maximum atomic E-state index is 6.03. The molecule has 0 atom stereocenters. The number of rotatable bonds is 4. The maximum Gasteiger partial charge on any atom is 0.223 e. The quantitative estimate of drug-likeness (QED) is 0.844. The van der Waals surface area contributed by atoms with Crippen molar-refractivity contribution < 1.29 is 9.47 Å². The summed E-state index contributed by atoms with van der Waals surface area (Å²) in [5.74, 6) is 1.54. The molecule has 8 heteroatoms. The first-order chi connectivity index (χ1) is 9.53. The molecule has 0 spiro atoms. The molecular formula is C12H12Cl2N4O2. The van der Waals surface area contributed by atoms with E-state index >= 15 is 0 Å². The lowest BCUT2D eigenvalue weighted by atomic mass is 10.2. The minimum atomic E-state index is 0.0693. The molecule has 0 fully saturated rings. The van der Waals surface area contributed by atoms with Gasteiger partial charge in [-0.15, -0.1) is 0 Å². The second-order valence-corrected chi connectivity index (χ2v) is 4.54. The zero-order valence-corrected chi connectivity index (χ0v) is 12.3. The van der Waals surface area contributed by atoms with Gasteiger partial charge in [-0.2, -0.15) is 4.98 Å². The Morgan fingerprint density at radius 1 is 1.05 bits per heavy atom. The Morgan fingerprint density at radius 3 is 2.35 bits per heavy atom. The predicted octanol–water partition coefficient (Wildman–Crippen LogP) is 3.13. The van der Waals surface area contributed by atoms with E-state index in [0.29, 0.717) is 28.0 Å². The molecule has 20 heavy (non-hydrogen) atoms. The highest BCUT2D eigenvalue weighted by atomic mass is 35.5. The summed E-state index contributed by atoms with van der Waals surface area (Å²) in [5, 5.41) is 3.70. The molecule has 1 heterocycles. The first-order valence-electron chi connectivity index (χ1n) is 5.52. The van der Waals surface area contributed by atoms with Crippen LogP contribution in [0.2, 0.25) is 10.2 Å². The van der Waals surface area contributed by atoms with Crippen LogP contribution in [-0.2, 0) is 0 Å². The van der Waals surface area contributed by atoms with Crippen molar-refractivity contribution in [2.24, 2.45) is 0 Å². The number of nitrogen functional groups attached to an aromatic ring is 1. The van der Waals surface area contributed by atoms with E-state index < -0.39 is 0 Å². The number of nitrogens with one attached hydrogen (secondary N) is 1. The van der Waals surface area contributed by atoms with Crippen molar-refractivity contribution in [3.05, 3.63) is 28.4 Å². The largest absolute Gasteiger partial charge is 0.495 e. The average molecular weight is 315 g/mol. The predicted molar refractivity (Wildman–Crippen MR) is 79.3 cm³/mol. The van der Waals surface area contributed by atoms with Crippen LogP contribution in [0.25, 0.3) is 0 Å². The van der Waals surface area contributed by atoms with E-state index in [1.807, 2.05) is 0 Å². The topological polar surface area (TPSA) is 82.3 Å². The number of halogens is 2. The number of aromatic nitrogens is 2. The molecule has 0 amide bonds. The minimum Gasteiger partial charge on any atom is -0.495 e. The van der Waals surface area contributed by atoms with E-state index in [0.717, 1.165) is 0 Å². The van der Waals surface area contributed by atoms with Crippen LogP contribution in [0.4, 0.5) is 17.5 Å². The van der Waals surface area contributed by atoms with Crippen LogP contribution in [0.1, 0.15) is 0 Å². The molecule has 0 saturated heterocycles. The first-order valence-corrected chi connectivity index (χ1v) is 6.27. The van der Waals surface area contributed by atoms with Crippen LogP contribution in [0.3, 0.4) is 0 Å². The Labute approximate surface area is 125 Å². The smallest absolute Gasteiger partial charge is 0.223 e. The SMILES string of the molecule is COc1cc(Nc2cc(Cl)nc(N)n2)c(OC)cc1Cl. The number of nitrogens with zero attached hydrogens (tertiary/aromatic N) is 2. The Hall–Kier alpha value is -1.92. The monoisotopic (exact) mass is 314 g/mol. The maximum absolute atomic E-state index is 6.03. The van der Waals surface area contributed by atoms with Crippen molar-refractivity contribution in [2.45, 2.75) is 0 Å². The van der Waals surface area contributed by atoms with Crippen LogP contribution < -0.4 is 20.5 Å². The minimum absolute atomic E-state index is 0.0693. The standard InChI is InChI=1S/C12H12Cl2N4O2/c1-19-8-4-7(9(20-2)3-6(8)13)16-11-5-10(14)17-12(15)18-11/h3-5H,1-2H3,(H3,15,16,17,18). The van der Waals surface area contributed by atoms with Gasteiger partial charge in [-0.25, -0.2) is 4.98 Å². The third kappa shape index (κ3) is 3.15. The van der Waals surface area contributed by atoms with Gasteiger partial charge < -0.3 is 20.5 Å². The van der Waals surface area contributed by atoms with Gasteiger partial charge in [0.2, 0.25) is 5.95 Å². The van der Waals surface area contributed by atoms with E-state index in [4.69, 9.17) is 38.4 Å². The zero-order valence-electron chi connectivity index (χ0n) is 10.8. The molecule has 2 aromatic rings. The molecule has 0 unspecified atom stereocenters. The summed E-state index contributed by atoms with van der Waals surface area (Å²) in [4.78, 5) is 7.81. The number of ether oxygens (including phenoxy) is 2. The molecule has 6 nitrogen and oxygen atoms in total. The normalized spacial score (nSPS) is 10.2. The van der Waals surface area contributed by atoms with Crippen molar-refractivity contribution >= 4 is 40.7 Å². The lowest BCUT2D eigenvalue weighted by Gasteiger charge is -2.13. The summed E-state index contributed by atoms with van der Waals surface area (Å²) >= 11 is 11.9. The van der Waals surface area contributed by atoms with E-state index in [-0.39, 0.29) is 11.1 Å². The van der Waals surface area contributed by atoms with Crippen molar-refractivity contribution in [1.82, 2.24) is 9.97 Å². The van der Waals surface area contributed by atoms with Gasteiger partial charge in [-0.1, -0.05) is 23.2 Å². The second-order valence-electron chi connectivity index (χ2n) is 3.75. The fraction of sp³-hybridized carbons (Fsp3) is 0.167. The fourth-order valence-electron chi connectivity index (χ4n) is 1.60. The molecule has 1 aromatic carbocycles. The van der Waals surface area contributed by atoms with Gasteiger partial charge in [0, 0.05) is 18.2 Å². The molecule has 106 valence electrons. The van der Waals surface area contributed by atoms with Gasteiger partial charge in [0.15, 0.2) is 0 Å². The van der Waals surface area contributed by atoms with Crippen LogP contribution in [-0.4, -0.2) is 24.2 Å². The van der Waals surface area contributed by atoms with Gasteiger partial charge in [0.05, 0.1) is 24.9 Å². The molecule has 0 aliphatic carbocycles. The van der Waals surface area contributed by atoms with Crippen LogP contribution in [0.15, 0.2) is 18.2 Å². The van der Waals surface area contributed by atoms with Gasteiger partial charge in [-0.05, 0) is 0 Å². The van der Waals surface area contributed by atoms with Crippen molar-refractivity contribution in [2.75, 3.05) is 25.3 Å². The number of hydrogen-bond acceptors (Lipinski definition) is 6. The highest BCUT2D eigenvalue weighted by Crippen LogP contribution is 2.37.